The smallest absolute Gasteiger partial charge is 0.488 e. The molecule has 1 fully saturated rings. The van der Waals surface area contributed by atoms with Crippen LogP contribution in [0.25, 0.3) is 0 Å². The van der Waals surface area contributed by atoms with Gasteiger partial charge in [0.15, 0.2) is 12.4 Å². The zero-order chi connectivity index (χ0) is 12.7. The molecule has 17 heavy (non-hydrogen) atoms. The minimum atomic E-state index is -2.84. The molecular formula is C11H21O5P. The van der Waals surface area contributed by atoms with Crippen molar-refractivity contribution < 1.29 is 23.5 Å². The van der Waals surface area contributed by atoms with Gasteiger partial charge in [0.05, 0.1) is 13.2 Å². The molecule has 1 atom stereocenters. The van der Waals surface area contributed by atoms with Gasteiger partial charge in [0.25, 0.3) is 0 Å². The van der Waals surface area contributed by atoms with E-state index < -0.39 is 14.0 Å². The van der Waals surface area contributed by atoms with Gasteiger partial charge in [-0.2, -0.15) is 0 Å². The third-order valence-corrected chi connectivity index (χ3v) is 3.13. The molecule has 0 saturated carbocycles. The monoisotopic (exact) mass is 264 g/mol. The predicted molar refractivity (Wildman–Crippen MR) is 61.5 cm³/mol. The number of unbranched alkanes of at least 4 members (excludes halogenated alkanes) is 1. The second kappa shape index (κ2) is 7.39. The van der Waals surface area contributed by atoms with E-state index in [4.69, 9.17) is 9.47 Å². The quantitative estimate of drug-likeness (QED) is 0.495. The number of rotatable bonds is 8. The summed E-state index contributed by atoms with van der Waals surface area (Å²) in [5.41, 5.74) is 0. The molecule has 5 nitrogen and oxygen atoms in total. The van der Waals surface area contributed by atoms with E-state index in [1.807, 2.05) is 0 Å². The summed E-state index contributed by atoms with van der Waals surface area (Å²) >= 11 is 0. The first-order valence-electron chi connectivity index (χ1n) is 6.09. The van der Waals surface area contributed by atoms with Crippen molar-refractivity contribution in [3.05, 3.63) is 0 Å². The van der Waals surface area contributed by atoms with E-state index in [-0.39, 0.29) is 6.61 Å². The second-order valence-electron chi connectivity index (χ2n) is 4.74. The van der Waals surface area contributed by atoms with Gasteiger partial charge in [0, 0.05) is 6.42 Å². The molecule has 0 amide bonds. The van der Waals surface area contributed by atoms with E-state index in [2.05, 4.69) is 18.4 Å². The molecule has 0 N–H and O–H groups in total. The highest BCUT2D eigenvalue weighted by molar-refractivity contribution is 7.30. The zero-order valence-corrected chi connectivity index (χ0v) is 11.4. The van der Waals surface area contributed by atoms with Gasteiger partial charge in [0.1, 0.15) is 0 Å². The van der Waals surface area contributed by atoms with Crippen LogP contribution < -0.4 is 4.89 Å². The summed E-state index contributed by atoms with van der Waals surface area (Å²) < 4.78 is 26.0. The van der Waals surface area contributed by atoms with Gasteiger partial charge in [-0.05, 0) is 16.9 Å². The Morgan fingerprint density at radius 2 is 2.00 bits per heavy atom. The van der Waals surface area contributed by atoms with Crippen LogP contribution in [0.4, 0.5) is 0 Å². The van der Waals surface area contributed by atoms with Gasteiger partial charge >= 0.3 is 8.25 Å². The van der Waals surface area contributed by atoms with Gasteiger partial charge in [0.2, 0.25) is 0 Å². The molecule has 0 bridgehead atoms. The molecule has 1 aliphatic rings. The molecule has 0 spiro atoms. The van der Waals surface area contributed by atoms with E-state index in [1.165, 1.54) is 0 Å². The largest absolute Gasteiger partial charge is 0.566 e. The molecule has 1 unspecified atom stereocenters. The summed E-state index contributed by atoms with van der Waals surface area (Å²) in [5.74, 6) is -0.157. The van der Waals surface area contributed by atoms with E-state index in [1.54, 1.807) is 0 Å². The Kier molecular flexibility index (Phi) is 6.52. The molecule has 0 aromatic carbocycles. The third kappa shape index (κ3) is 5.89. The normalized spacial score (nSPS) is 19.9. The summed E-state index contributed by atoms with van der Waals surface area (Å²) in [6.07, 6.45) is 3.89. The van der Waals surface area contributed by atoms with Gasteiger partial charge in [-0.1, -0.05) is 26.7 Å². The second-order valence-corrected chi connectivity index (χ2v) is 5.45. The highest BCUT2D eigenvalue weighted by Crippen LogP contribution is 2.29. The van der Waals surface area contributed by atoms with Gasteiger partial charge < -0.3 is 14.4 Å². The van der Waals surface area contributed by atoms with E-state index >= 15 is 0 Å². The summed E-state index contributed by atoms with van der Waals surface area (Å²) in [6.45, 7) is 5.34. The number of hydrogen-bond acceptors (Lipinski definition) is 5. The maximum atomic E-state index is 10.4. The lowest BCUT2D eigenvalue weighted by atomic mass is 10.0. The van der Waals surface area contributed by atoms with E-state index in [0.717, 1.165) is 19.3 Å². The molecule has 1 rings (SSSR count). The first-order valence-corrected chi connectivity index (χ1v) is 7.19. The van der Waals surface area contributed by atoms with Crippen molar-refractivity contribution in [1.82, 2.24) is 0 Å². The third-order valence-electron chi connectivity index (χ3n) is 2.79. The lowest BCUT2D eigenvalue weighted by Crippen LogP contribution is -2.35. The van der Waals surface area contributed by atoms with Crippen molar-refractivity contribution in [2.45, 2.75) is 45.3 Å². The molecule has 100 valence electrons. The average molecular weight is 264 g/mol. The van der Waals surface area contributed by atoms with Gasteiger partial charge in [-0.3, -0.25) is 0 Å². The summed E-state index contributed by atoms with van der Waals surface area (Å²) in [5, 5.41) is 0. The van der Waals surface area contributed by atoms with Crippen molar-refractivity contribution in [1.29, 1.82) is 0 Å². The fraction of sp³-hybridized carbons (Fsp3) is 1.00. The molecule has 1 aliphatic heterocycles. The van der Waals surface area contributed by atoms with Gasteiger partial charge in [-0.15, -0.1) is 4.52 Å². The van der Waals surface area contributed by atoms with Crippen LogP contribution in [0.3, 0.4) is 0 Å². The number of hydrogen-bond donors (Lipinski definition) is 0. The van der Waals surface area contributed by atoms with Gasteiger partial charge in [-0.25, -0.2) is 0 Å². The standard InChI is InChI=1S/C11H21O5P/c1-10(2)5-3-4-6-11(9-16-17(12)13)14-7-8-15-11/h10H,3-9H2,1-2H3. The lowest BCUT2D eigenvalue weighted by molar-refractivity contribution is -0.214. The molecule has 1 saturated heterocycles. The fourth-order valence-corrected chi connectivity index (χ4v) is 2.20. The molecule has 0 radical (unpaired) electrons. The van der Waals surface area contributed by atoms with Crippen LogP contribution in [-0.4, -0.2) is 25.6 Å². The Hall–Kier alpha value is -0.0600. The minimum Gasteiger partial charge on any atom is -0.566 e. The van der Waals surface area contributed by atoms with Crippen molar-refractivity contribution in [2.24, 2.45) is 5.92 Å². The first kappa shape index (κ1) is 15.0. The fourth-order valence-electron chi connectivity index (χ4n) is 1.89. The Labute approximate surface area is 103 Å². The molecule has 0 aromatic heterocycles. The highest BCUT2D eigenvalue weighted by Gasteiger charge is 2.38. The van der Waals surface area contributed by atoms with E-state index in [0.29, 0.717) is 25.6 Å². The maximum Gasteiger partial charge on any atom is 0.488 e. The predicted octanol–water partition coefficient (Wildman–Crippen LogP) is 1.98. The van der Waals surface area contributed by atoms with Crippen LogP contribution in [0.5, 0.6) is 0 Å². The Morgan fingerprint density at radius 3 is 2.53 bits per heavy atom. The van der Waals surface area contributed by atoms with Crippen LogP contribution in [0, 0.1) is 5.92 Å². The van der Waals surface area contributed by atoms with Crippen molar-refractivity contribution in [3.8, 4) is 0 Å². The zero-order valence-electron chi connectivity index (χ0n) is 10.5. The summed E-state index contributed by atoms with van der Waals surface area (Å²) in [6, 6.07) is 0. The van der Waals surface area contributed by atoms with Crippen LogP contribution >= 0.6 is 8.25 Å². The van der Waals surface area contributed by atoms with Crippen LogP contribution in [-0.2, 0) is 18.6 Å². The lowest BCUT2D eigenvalue weighted by Gasteiger charge is -2.24. The number of ether oxygens (including phenoxy) is 2. The molecule has 0 aliphatic carbocycles. The molecular weight excluding hydrogens is 243 g/mol. The van der Waals surface area contributed by atoms with Crippen molar-refractivity contribution in [3.63, 3.8) is 0 Å². The SMILES string of the molecule is CC(C)CCCCC1(CO[P+](=O)[O-])OCCO1. The minimum absolute atomic E-state index is 0.0343. The van der Waals surface area contributed by atoms with Crippen LogP contribution in [0.1, 0.15) is 39.5 Å². The first-order chi connectivity index (χ1) is 8.04. The van der Waals surface area contributed by atoms with Crippen molar-refractivity contribution >= 4 is 8.25 Å². The molecule has 6 heteroatoms. The van der Waals surface area contributed by atoms with Crippen LogP contribution in [0.15, 0.2) is 0 Å². The molecule has 1 heterocycles. The van der Waals surface area contributed by atoms with Crippen molar-refractivity contribution in [2.75, 3.05) is 19.8 Å². The summed E-state index contributed by atoms with van der Waals surface area (Å²) in [7, 11) is -2.84. The van der Waals surface area contributed by atoms with Crippen LogP contribution in [0.2, 0.25) is 0 Å². The topological polar surface area (TPSA) is 67.8 Å². The Balaban J connectivity index is 2.29. The Morgan fingerprint density at radius 1 is 1.35 bits per heavy atom. The highest BCUT2D eigenvalue weighted by atomic mass is 31.1. The summed E-state index contributed by atoms with van der Waals surface area (Å²) in [4.78, 5) is 10.4. The molecule has 0 aromatic rings. The Bertz CT molecular complexity index is 238. The van der Waals surface area contributed by atoms with E-state index in [9.17, 15) is 9.46 Å². The average Bonchev–Trinajstić information content (AvgIpc) is 2.71. The maximum absolute atomic E-state index is 10.4.